The summed E-state index contributed by atoms with van der Waals surface area (Å²) >= 11 is 0. The minimum atomic E-state index is 0.0467. The van der Waals surface area contributed by atoms with Crippen LogP contribution in [0.3, 0.4) is 0 Å². The van der Waals surface area contributed by atoms with E-state index in [2.05, 4.69) is 22.6 Å². The topological polar surface area (TPSA) is 70.4 Å². The molecule has 0 aromatic heterocycles. The van der Waals surface area contributed by atoms with Crippen LogP contribution in [-0.4, -0.2) is 37.5 Å². The van der Waals surface area contributed by atoms with Gasteiger partial charge in [0, 0.05) is 18.8 Å². The molecule has 0 saturated carbocycles. The van der Waals surface area contributed by atoms with Crippen molar-refractivity contribution < 1.29 is 4.79 Å². The van der Waals surface area contributed by atoms with Crippen molar-refractivity contribution in [2.45, 2.75) is 19.3 Å². The summed E-state index contributed by atoms with van der Waals surface area (Å²) < 4.78 is 0. The second kappa shape index (κ2) is 5.32. The first-order valence-corrected chi connectivity index (χ1v) is 7.26. The van der Waals surface area contributed by atoms with E-state index in [-0.39, 0.29) is 5.91 Å². The van der Waals surface area contributed by atoms with E-state index in [1.54, 1.807) is 0 Å². The molecule has 4 N–H and O–H groups in total. The monoisotopic (exact) mass is 274 g/mol. The van der Waals surface area contributed by atoms with E-state index in [9.17, 15) is 4.79 Å². The number of carbonyl (C=O) groups is 1. The molecule has 1 amide bonds. The van der Waals surface area contributed by atoms with Crippen molar-refractivity contribution in [3.05, 3.63) is 17.7 Å². The first-order chi connectivity index (χ1) is 9.61. The van der Waals surface area contributed by atoms with E-state index < -0.39 is 0 Å². The summed E-state index contributed by atoms with van der Waals surface area (Å²) in [7, 11) is 2.17. The van der Waals surface area contributed by atoms with Gasteiger partial charge >= 0.3 is 0 Å². The van der Waals surface area contributed by atoms with Gasteiger partial charge in [0.1, 0.15) is 0 Å². The predicted octanol–water partition coefficient (Wildman–Crippen LogP) is 1.52. The lowest BCUT2D eigenvalue weighted by molar-refractivity contribution is -0.115. The van der Waals surface area contributed by atoms with Crippen LogP contribution in [0.4, 0.5) is 17.1 Å². The highest BCUT2D eigenvalue weighted by atomic mass is 16.1. The van der Waals surface area contributed by atoms with E-state index in [0.29, 0.717) is 12.3 Å². The third-order valence-corrected chi connectivity index (χ3v) is 4.20. The van der Waals surface area contributed by atoms with E-state index in [0.717, 1.165) is 35.7 Å². The number of amides is 1. The van der Waals surface area contributed by atoms with Gasteiger partial charge < -0.3 is 21.3 Å². The highest BCUT2D eigenvalue weighted by Gasteiger charge is 2.20. The lowest BCUT2D eigenvalue weighted by Crippen LogP contribution is -2.35. The third-order valence-electron chi connectivity index (χ3n) is 4.20. The quantitative estimate of drug-likeness (QED) is 0.731. The molecule has 108 valence electrons. The Hall–Kier alpha value is -1.75. The zero-order valence-corrected chi connectivity index (χ0v) is 11.9. The molecule has 2 heterocycles. The van der Waals surface area contributed by atoms with Gasteiger partial charge in [0.15, 0.2) is 0 Å². The van der Waals surface area contributed by atoms with Crippen molar-refractivity contribution in [2.24, 2.45) is 5.92 Å². The van der Waals surface area contributed by atoms with E-state index in [1.165, 1.54) is 19.4 Å². The summed E-state index contributed by atoms with van der Waals surface area (Å²) in [6, 6.07) is 3.87. The number of nitrogens with zero attached hydrogens (tertiary/aromatic N) is 1. The van der Waals surface area contributed by atoms with Crippen LogP contribution in [0.25, 0.3) is 0 Å². The zero-order chi connectivity index (χ0) is 14.1. The lowest BCUT2D eigenvalue weighted by atomic mass is 9.98. The third kappa shape index (κ3) is 2.72. The molecule has 5 heteroatoms. The fraction of sp³-hybridized carbons (Fsp3) is 0.533. The maximum Gasteiger partial charge on any atom is 0.228 e. The number of carbonyl (C=O) groups excluding carboxylic acids is 1. The molecular weight excluding hydrogens is 252 g/mol. The van der Waals surface area contributed by atoms with Crippen LogP contribution in [0, 0.1) is 5.92 Å². The summed E-state index contributed by atoms with van der Waals surface area (Å²) in [6.45, 7) is 3.26. The van der Waals surface area contributed by atoms with Crippen LogP contribution >= 0.6 is 0 Å². The van der Waals surface area contributed by atoms with Gasteiger partial charge in [-0.05, 0) is 50.0 Å². The molecule has 1 saturated heterocycles. The molecule has 0 bridgehead atoms. The molecular formula is C15H22N4O. The first kappa shape index (κ1) is 13.2. The maximum absolute atomic E-state index is 11.4. The number of fused-ring (bicyclic) bond motifs is 1. The normalized spacial score (nSPS) is 22.4. The first-order valence-electron chi connectivity index (χ1n) is 7.26. The average molecular weight is 274 g/mol. The Kier molecular flexibility index (Phi) is 3.53. The summed E-state index contributed by atoms with van der Waals surface area (Å²) in [5, 5.41) is 6.31. The Morgan fingerprint density at radius 2 is 2.35 bits per heavy atom. The Bertz CT molecular complexity index is 529. The highest BCUT2D eigenvalue weighted by molar-refractivity contribution is 6.00. The number of nitrogens with two attached hydrogens (primary N) is 1. The Labute approximate surface area is 119 Å². The Balaban J connectivity index is 1.66. The summed E-state index contributed by atoms with van der Waals surface area (Å²) in [6.07, 6.45) is 2.96. The molecule has 2 aliphatic heterocycles. The number of hydrogen-bond donors (Lipinski definition) is 3. The molecule has 0 radical (unpaired) electrons. The molecule has 0 spiro atoms. The molecule has 1 atom stereocenters. The van der Waals surface area contributed by atoms with Crippen LogP contribution in [0.5, 0.6) is 0 Å². The van der Waals surface area contributed by atoms with Gasteiger partial charge in [0.05, 0.1) is 17.8 Å². The summed E-state index contributed by atoms with van der Waals surface area (Å²) in [4.78, 5) is 13.8. The SMILES string of the molecule is CN1CCCC(CNc2cc3c(cc2N)CC(=O)N3)C1. The highest BCUT2D eigenvalue weighted by Crippen LogP contribution is 2.31. The van der Waals surface area contributed by atoms with Crippen molar-refractivity contribution >= 4 is 23.0 Å². The predicted molar refractivity (Wildman–Crippen MR) is 81.9 cm³/mol. The van der Waals surface area contributed by atoms with Gasteiger partial charge in [-0.2, -0.15) is 0 Å². The van der Waals surface area contributed by atoms with Crippen LogP contribution in [0.1, 0.15) is 18.4 Å². The summed E-state index contributed by atoms with van der Waals surface area (Å²) in [5.74, 6) is 0.710. The van der Waals surface area contributed by atoms with Crippen LogP contribution in [0.15, 0.2) is 12.1 Å². The van der Waals surface area contributed by atoms with Crippen molar-refractivity contribution in [1.29, 1.82) is 0 Å². The van der Waals surface area contributed by atoms with Crippen LogP contribution in [0.2, 0.25) is 0 Å². The van der Waals surface area contributed by atoms with Crippen molar-refractivity contribution in [3.8, 4) is 0 Å². The number of nitrogen functional groups attached to an aromatic ring is 1. The lowest BCUT2D eigenvalue weighted by Gasteiger charge is -2.30. The molecule has 0 aliphatic carbocycles. The van der Waals surface area contributed by atoms with E-state index >= 15 is 0 Å². The number of nitrogens with one attached hydrogen (secondary N) is 2. The number of likely N-dealkylation sites (tertiary alicyclic amines) is 1. The minimum Gasteiger partial charge on any atom is -0.397 e. The van der Waals surface area contributed by atoms with Gasteiger partial charge in [-0.15, -0.1) is 0 Å². The molecule has 5 nitrogen and oxygen atoms in total. The zero-order valence-electron chi connectivity index (χ0n) is 11.9. The summed E-state index contributed by atoms with van der Waals surface area (Å²) in [5.41, 5.74) is 9.62. The number of benzene rings is 1. The molecule has 3 rings (SSSR count). The molecule has 1 aromatic carbocycles. The van der Waals surface area contributed by atoms with E-state index in [4.69, 9.17) is 5.73 Å². The number of rotatable bonds is 3. The minimum absolute atomic E-state index is 0.0467. The van der Waals surface area contributed by atoms with Gasteiger partial charge in [-0.3, -0.25) is 4.79 Å². The van der Waals surface area contributed by atoms with Crippen molar-refractivity contribution in [3.63, 3.8) is 0 Å². The molecule has 1 fully saturated rings. The molecule has 20 heavy (non-hydrogen) atoms. The number of hydrogen-bond acceptors (Lipinski definition) is 4. The molecule has 1 unspecified atom stereocenters. The molecule has 1 aromatic rings. The fourth-order valence-electron chi connectivity index (χ4n) is 3.14. The van der Waals surface area contributed by atoms with Crippen LogP contribution in [-0.2, 0) is 11.2 Å². The maximum atomic E-state index is 11.4. The molecule has 2 aliphatic rings. The number of anilines is 3. The Morgan fingerprint density at radius 3 is 3.15 bits per heavy atom. The van der Waals surface area contributed by atoms with Gasteiger partial charge in [0.2, 0.25) is 5.91 Å². The average Bonchev–Trinajstić information content (AvgIpc) is 2.75. The second-order valence-electron chi connectivity index (χ2n) is 5.97. The van der Waals surface area contributed by atoms with Crippen LogP contribution < -0.4 is 16.4 Å². The van der Waals surface area contributed by atoms with Gasteiger partial charge in [-0.25, -0.2) is 0 Å². The fourth-order valence-corrected chi connectivity index (χ4v) is 3.14. The standard InChI is InChI=1S/C15H22N4O/c1-19-4-2-3-10(9-19)8-17-14-7-13-11(5-12(14)16)6-15(20)18-13/h5,7,10,17H,2-4,6,8-9,16H2,1H3,(H,18,20). The van der Waals surface area contributed by atoms with Gasteiger partial charge in [-0.1, -0.05) is 0 Å². The number of piperidine rings is 1. The van der Waals surface area contributed by atoms with Crippen molar-refractivity contribution in [1.82, 2.24) is 4.90 Å². The second-order valence-corrected chi connectivity index (χ2v) is 5.97. The smallest absolute Gasteiger partial charge is 0.228 e. The van der Waals surface area contributed by atoms with Crippen molar-refractivity contribution in [2.75, 3.05) is 43.0 Å². The van der Waals surface area contributed by atoms with Gasteiger partial charge in [0.25, 0.3) is 0 Å². The largest absolute Gasteiger partial charge is 0.397 e. The Morgan fingerprint density at radius 1 is 1.50 bits per heavy atom. The van der Waals surface area contributed by atoms with E-state index in [1.807, 2.05) is 12.1 Å².